The summed E-state index contributed by atoms with van der Waals surface area (Å²) in [5, 5.41) is 10.7. The molecule has 1 aromatic carbocycles. The van der Waals surface area contributed by atoms with E-state index in [0.29, 0.717) is 5.75 Å². The quantitative estimate of drug-likeness (QED) is 0.886. The maximum Gasteiger partial charge on any atom is 0.391 e. The second-order valence-electron chi connectivity index (χ2n) is 5.57. The van der Waals surface area contributed by atoms with Gasteiger partial charge in [-0.2, -0.15) is 13.2 Å². The molecule has 0 aromatic heterocycles. The monoisotopic (exact) mass is 331 g/mol. The van der Waals surface area contributed by atoms with Crippen molar-refractivity contribution in [3.05, 3.63) is 28.8 Å². The Morgan fingerprint density at radius 1 is 1.35 bits per heavy atom. The van der Waals surface area contributed by atoms with Crippen LogP contribution in [0.1, 0.15) is 23.1 Å². The molecule has 2 N–H and O–H groups in total. The third-order valence-corrected chi connectivity index (χ3v) is 3.69. The number of fused-ring (bicyclic) bond motifs is 1. The fraction of sp³-hybridized carbons (Fsp3) is 0.467. The first kappa shape index (κ1) is 17.1. The fourth-order valence-electron chi connectivity index (χ4n) is 2.36. The van der Waals surface area contributed by atoms with Crippen molar-refractivity contribution < 1.29 is 32.6 Å². The fourth-order valence-corrected chi connectivity index (χ4v) is 2.36. The van der Waals surface area contributed by atoms with Gasteiger partial charge in [0, 0.05) is 6.42 Å². The third kappa shape index (κ3) is 4.14. The van der Waals surface area contributed by atoms with Gasteiger partial charge in [0.2, 0.25) is 0 Å². The van der Waals surface area contributed by atoms with Gasteiger partial charge in [-0.15, -0.1) is 0 Å². The number of rotatable bonds is 4. The lowest BCUT2D eigenvalue weighted by molar-refractivity contribution is -0.160. The van der Waals surface area contributed by atoms with E-state index in [4.69, 9.17) is 9.84 Å². The number of alkyl halides is 3. The molecule has 1 heterocycles. The molecule has 1 aromatic rings. The Balaban J connectivity index is 2.06. The average Bonchev–Trinajstić information content (AvgIpc) is 2.79. The lowest BCUT2D eigenvalue weighted by atomic mass is 10.0. The Kier molecular flexibility index (Phi) is 4.53. The van der Waals surface area contributed by atoms with Crippen molar-refractivity contribution in [2.24, 2.45) is 0 Å². The number of amides is 1. The van der Waals surface area contributed by atoms with Gasteiger partial charge < -0.3 is 15.2 Å². The standard InChI is InChI=1S/C15H16F3NO4/c1-7-3-9-5-12(23-11(9)4-8(7)2)13(20)19-10(14(21)22)6-15(16,17)18/h3-4,10,12H,5-6H2,1-2H3,(H,19,20)(H,21,22). The molecule has 0 radical (unpaired) electrons. The van der Waals surface area contributed by atoms with E-state index in [1.807, 2.05) is 25.2 Å². The lowest BCUT2D eigenvalue weighted by Crippen LogP contribution is -2.48. The highest BCUT2D eigenvalue weighted by molar-refractivity contribution is 5.87. The highest BCUT2D eigenvalue weighted by atomic mass is 19.4. The molecule has 2 unspecified atom stereocenters. The predicted octanol–water partition coefficient (Wildman–Crippen LogP) is 2.13. The molecule has 126 valence electrons. The minimum atomic E-state index is -4.69. The third-order valence-electron chi connectivity index (χ3n) is 3.69. The number of hydrogen-bond acceptors (Lipinski definition) is 3. The summed E-state index contributed by atoms with van der Waals surface area (Å²) in [6, 6.07) is 1.57. The Morgan fingerprint density at radius 2 is 1.96 bits per heavy atom. The van der Waals surface area contributed by atoms with E-state index in [1.54, 1.807) is 6.07 Å². The maximum absolute atomic E-state index is 12.4. The van der Waals surface area contributed by atoms with Gasteiger partial charge in [0.15, 0.2) is 6.10 Å². The van der Waals surface area contributed by atoms with Crippen LogP contribution in [0.25, 0.3) is 0 Å². The van der Waals surface area contributed by atoms with E-state index in [2.05, 4.69) is 0 Å². The van der Waals surface area contributed by atoms with Gasteiger partial charge in [-0.1, -0.05) is 6.07 Å². The molecule has 1 aliphatic heterocycles. The summed E-state index contributed by atoms with van der Waals surface area (Å²) in [5.74, 6) is -2.11. The second kappa shape index (κ2) is 6.10. The van der Waals surface area contributed by atoms with Crippen LogP contribution in [-0.2, 0) is 16.0 Å². The second-order valence-corrected chi connectivity index (χ2v) is 5.57. The number of carbonyl (C=O) groups is 2. The number of ether oxygens (including phenoxy) is 1. The van der Waals surface area contributed by atoms with Gasteiger partial charge in [0.05, 0.1) is 6.42 Å². The van der Waals surface area contributed by atoms with Gasteiger partial charge in [0.1, 0.15) is 11.8 Å². The summed E-state index contributed by atoms with van der Waals surface area (Å²) < 4.78 is 42.5. The predicted molar refractivity (Wildman–Crippen MR) is 74.3 cm³/mol. The molecular formula is C15H16F3NO4. The zero-order valence-corrected chi connectivity index (χ0v) is 12.5. The molecule has 2 rings (SSSR count). The summed E-state index contributed by atoms with van der Waals surface area (Å²) in [5.41, 5.74) is 2.75. The molecule has 0 bridgehead atoms. The zero-order valence-electron chi connectivity index (χ0n) is 12.5. The summed E-state index contributed by atoms with van der Waals surface area (Å²) in [4.78, 5) is 22.9. The van der Waals surface area contributed by atoms with Crippen LogP contribution >= 0.6 is 0 Å². The Bertz CT molecular complexity index is 611. The Morgan fingerprint density at radius 3 is 2.52 bits per heavy atom. The van der Waals surface area contributed by atoms with Crippen molar-refractivity contribution in [2.45, 2.75) is 45.0 Å². The van der Waals surface area contributed by atoms with E-state index in [0.717, 1.165) is 16.7 Å². The number of benzene rings is 1. The summed E-state index contributed by atoms with van der Waals surface area (Å²) >= 11 is 0. The van der Waals surface area contributed by atoms with Gasteiger partial charge in [-0.25, -0.2) is 4.79 Å². The minimum absolute atomic E-state index is 0.195. The minimum Gasteiger partial charge on any atom is -0.480 e. The highest BCUT2D eigenvalue weighted by Gasteiger charge is 2.38. The van der Waals surface area contributed by atoms with E-state index in [9.17, 15) is 22.8 Å². The van der Waals surface area contributed by atoms with Crippen LogP contribution in [0.4, 0.5) is 13.2 Å². The number of nitrogens with one attached hydrogen (secondary N) is 1. The largest absolute Gasteiger partial charge is 0.480 e. The number of hydrogen-bond donors (Lipinski definition) is 2. The maximum atomic E-state index is 12.4. The SMILES string of the molecule is Cc1cc2c(cc1C)OC(C(=O)NC(CC(F)(F)F)C(=O)O)C2. The summed E-state index contributed by atoms with van der Waals surface area (Å²) in [6.07, 6.45) is -7.15. The molecule has 0 spiro atoms. The molecule has 23 heavy (non-hydrogen) atoms. The van der Waals surface area contributed by atoms with Crippen LogP contribution in [0.3, 0.4) is 0 Å². The van der Waals surface area contributed by atoms with Gasteiger partial charge in [-0.3, -0.25) is 4.79 Å². The van der Waals surface area contributed by atoms with Crippen molar-refractivity contribution >= 4 is 11.9 Å². The number of aryl methyl sites for hydroxylation is 2. The Labute approximate surface area is 130 Å². The van der Waals surface area contributed by atoms with Crippen molar-refractivity contribution in [3.8, 4) is 5.75 Å². The van der Waals surface area contributed by atoms with Crippen LogP contribution in [0.15, 0.2) is 12.1 Å². The van der Waals surface area contributed by atoms with Crippen LogP contribution in [0, 0.1) is 13.8 Å². The van der Waals surface area contributed by atoms with Crippen LogP contribution in [0.5, 0.6) is 5.75 Å². The molecule has 2 atom stereocenters. The first-order chi connectivity index (χ1) is 10.6. The van der Waals surface area contributed by atoms with Crippen molar-refractivity contribution in [2.75, 3.05) is 0 Å². The van der Waals surface area contributed by atoms with E-state index in [-0.39, 0.29) is 6.42 Å². The lowest BCUT2D eigenvalue weighted by Gasteiger charge is -2.18. The van der Waals surface area contributed by atoms with Crippen molar-refractivity contribution in [3.63, 3.8) is 0 Å². The molecule has 1 amide bonds. The molecule has 5 nitrogen and oxygen atoms in total. The molecular weight excluding hydrogens is 315 g/mol. The van der Waals surface area contributed by atoms with E-state index >= 15 is 0 Å². The van der Waals surface area contributed by atoms with Crippen LogP contribution < -0.4 is 10.1 Å². The van der Waals surface area contributed by atoms with E-state index < -0.39 is 36.6 Å². The number of carbonyl (C=O) groups excluding carboxylic acids is 1. The number of halogens is 3. The number of aliphatic carboxylic acids is 1. The molecule has 8 heteroatoms. The van der Waals surface area contributed by atoms with Gasteiger partial charge in [-0.05, 0) is 36.6 Å². The van der Waals surface area contributed by atoms with Gasteiger partial charge >= 0.3 is 12.1 Å². The number of carboxylic acids is 1. The van der Waals surface area contributed by atoms with Crippen molar-refractivity contribution in [1.82, 2.24) is 5.32 Å². The first-order valence-corrected chi connectivity index (χ1v) is 6.93. The van der Waals surface area contributed by atoms with Crippen molar-refractivity contribution in [1.29, 1.82) is 0 Å². The topological polar surface area (TPSA) is 75.6 Å². The van der Waals surface area contributed by atoms with Crippen LogP contribution in [0.2, 0.25) is 0 Å². The Hall–Kier alpha value is -2.25. The normalized spacial score (nSPS) is 18.0. The molecule has 0 saturated carbocycles. The molecule has 1 aliphatic rings. The van der Waals surface area contributed by atoms with Crippen LogP contribution in [-0.4, -0.2) is 35.3 Å². The summed E-state index contributed by atoms with van der Waals surface area (Å²) in [7, 11) is 0. The molecule has 0 aliphatic carbocycles. The number of carboxylic acid groups (broad SMARTS) is 1. The zero-order chi connectivity index (χ0) is 17.4. The first-order valence-electron chi connectivity index (χ1n) is 6.93. The average molecular weight is 331 g/mol. The van der Waals surface area contributed by atoms with Gasteiger partial charge in [0.25, 0.3) is 5.91 Å². The molecule has 0 fully saturated rings. The smallest absolute Gasteiger partial charge is 0.391 e. The summed E-state index contributed by atoms with van der Waals surface area (Å²) in [6.45, 7) is 3.77. The highest BCUT2D eigenvalue weighted by Crippen LogP contribution is 2.31. The van der Waals surface area contributed by atoms with E-state index in [1.165, 1.54) is 0 Å². The molecule has 0 saturated heterocycles.